The number of sulfonamides is 1. The highest BCUT2D eigenvalue weighted by Gasteiger charge is 2.34. The molecule has 224 valence electrons. The first-order valence-electron chi connectivity index (χ1n) is 13.9. The number of carbonyl (C=O) groups is 2. The first-order valence-corrected chi connectivity index (χ1v) is 16.5. The van der Waals surface area contributed by atoms with E-state index in [0.29, 0.717) is 32.7 Å². The van der Waals surface area contributed by atoms with Crippen molar-refractivity contribution < 1.29 is 18.0 Å². The van der Waals surface area contributed by atoms with Crippen LogP contribution in [0.4, 0.5) is 5.69 Å². The molecule has 1 unspecified atom stereocenters. The Kier molecular flexibility index (Phi) is 10.8. The second-order valence-electron chi connectivity index (χ2n) is 10.5. The van der Waals surface area contributed by atoms with E-state index in [0.717, 1.165) is 35.6 Å². The lowest BCUT2D eigenvalue weighted by molar-refractivity contribution is -0.140. The zero-order valence-corrected chi connectivity index (χ0v) is 26.6. The van der Waals surface area contributed by atoms with Gasteiger partial charge < -0.3 is 10.2 Å². The van der Waals surface area contributed by atoms with Crippen LogP contribution in [0.5, 0.6) is 0 Å². The lowest BCUT2D eigenvalue weighted by Gasteiger charge is -2.34. The molecule has 0 aromatic heterocycles. The van der Waals surface area contributed by atoms with Crippen molar-refractivity contribution in [2.24, 2.45) is 0 Å². The fourth-order valence-electron chi connectivity index (χ4n) is 5.17. The average Bonchev–Trinajstić information content (AvgIpc) is 3.46. The highest BCUT2D eigenvalue weighted by atomic mass is 35.5. The number of halogens is 3. The number of nitrogens with zero attached hydrogens (tertiary/aromatic N) is 2. The van der Waals surface area contributed by atoms with E-state index < -0.39 is 28.5 Å². The maximum absolute atomic E-state index is 14.2. The van der Waals surface area contributed by atoms with Crippen molar-refractivity contribution in [1.29, 1.82) is 0 Å². The zero-order valence-electron chi connectivity index (χ0n) is 23.5. The number of anilines is 1. The molecular formula is C31H34Cl3N3O4S. The summed E-state index contributed by atoms with van der Waals surface area (Å²) < 4.78 is 29.0. The SMILES string of the molecule is CCC(C(=O)NC1CCCC1)N(Cc1ccc(Cl)c(Cl)c1)C(=O)CN(c1cccc(C)c1)S(=O)(=O)c1ccc(Cl)cc1. The number of carbonyl (C=O) groups excluding carboxylic acids is 2. The number of rotatable bonds is 11. The van der Waals surface area contributed by atoms with Crippen LogP contribution < -0.4 is 9.62 Å². The minimum absolute atomic E-state index is 0.0109. The molecule has 2 amide bonds. The molecule has 3 aromatic rings. The van der Waals surface area contributed by atoms with Crippen LogP contribution in [0.1, 0.15) is 50.2 Å². The van der Waals surface area contributed by atoms with Gasteiger partial charge in [0.05, 0.1) is 20.6 Å². The Morgan fingerprint density at radius 1 is 0.952 bits per heavy atom. The summed E-state index contributed by atoms with van der Waals surface area (Å²) in [5.41, 5.74) is 1.81. The molecule has 1 aliphatic rings. The van der Waals surface area contributed by atoms with Crippen molar-refractivity contribution in [2.75, 3.05) is 10.8 Å². The number of aryl methyl sites for hydroxylation is 1. The quantitative estimate of drug-likeness (QED) is 0.242. The maximum Gasteiger partial charge on any atom is 0.264 e. The summed E-state index contributed by atoms with van der Waals surface area (Å²) in [6.07, 6.45) is 4.20. The van der Waals surface area contributed by atoms with E-state index in [1.807, 2.05) is 19.9 Å². The molecular weight excluding hydrogens is 617 g/mol. The molecule has 0 bridgehead atoms. The molecule has 0 radical (unpaired) electrons. The lowest BCUT2D eigenvalue weighted by Crippen LogP contribution is -2.53. The zero-order chi connectivity index (χ0) is 30.4. The smallest absolute Gasteiger partial charge is 0.264 e. The van der Waals surface area contributed by atoms with Crippen molar-refractivity contribution in [2.45, 2.75) is 69.5 Å². The van der Waals surface area contributed by atoms with Crippen molar-refractivity contribution in [1.82, 2.24) is 10.2 Å². The van der Waals surface area contributed by atoms with Gasteiger partial charge in [-0.3, -0.25) is 13.9 Å². The average molecular weight is 651 g/mol. The van der Waals surface area contributed by atoms with Gasteiger partial charge >= 0.3 is 0 Å². The monoisotopic (exact) mass is 649 g/mol. The Hall–Kier alpha value is -2.78. The Morgan fingerprint density at radius 2 is 1.64 bits per heavy atom. The molecule has 4 rings (SSSR count). The third-order valence-electron chi connectivity index (χ3n) is 7.39. The number of benzene rings is 3. The minimum atomic E-state index is -4.18. The summed E-state index contributed by atoms with van der Waals surface area (Å²) in [5.74, 6) is -0.797. The number of amides is 2. The molecule has 1 atom stereocenters. The van der Waals surface area contributed by atoms with Crippen LogP contribution in [0, 0.1) is 6.92 Å². The van der Waals surface area contributed by atoms with Gasteiger partial charge in [0, 0.05) is 17.6 Å². The third-order valence-corrected chi connectivity index (χ3v) is 10.2. The van der Waals surface area contributed by atoms with Crippen LogP contribution in [0.25, 0.3) is 0 Å². The summed E-state index contributed by atoms with van der Waals surface area (Å²) in [6.45, 7) is 3.18. The van der Waals surface area contributed by atoms with Gasteiger partial charge in [0.2, 0.25) is 11.8 Å². The molecule has 0 saturated heterocycles. The lowest BCUT2D eigenvalue weighted by atomic mass is 10.1. The normalized spacial score (nSPS) is 14.4. The molecule has 1 fully saturated rings. The molecule has 1 aliphatic carbocycles. The highest BCUT2D eigenvalue weighted by molar-refractivity contribution is 7.92. The van der Waals surface area contributed by atoms with Gasteiger partial charge in [0.25, 0.3) is 10.0 Å². The first kappa shape index (κ1) is 32.1. The Bertz CT molecular complexity index is 1530. The van der Waals surface area contributed by atoms with Crippen LogP contribution >= 0.6 is 34.8 Å². The van der Waals surface area contributed by atoms with Gasteiger partial charge in [-0.1, -0.05) is 72.8 Å². The molecule has 1 N–H and O–H groups in total. The largest absolute Gasteiger partial charge is 0.352 e. The van der Waals surface area contributed by atoms with Gasteiger partial charge in [-0.05, 0) is 85.8 Å². The molecule has 3 aromatic carbocycles. The summed E-state index contributed by atoms with van der Waals surface area (Å²) in [5, 5.41) is 4.17. The number of nitrogens with one attached hydrogen (secondary N) is 1. The summed E-state index contributed by atoms with van der Waals surface area (Å²) in [7, 11) is -4.18. The van der Waals surface area contributed by atoms with Crippen LogP contribution in [-0.2, 0) is 26.2 Å². The molecule has 0 spiro atoms. The number of hydrogen-bond acceptors (Lipinski definition) is 4. The van der Waals surface area contributed by atoms with Gasteiger partial charge in [0.15, 0.2) is 0 Å². The number of hydrogen-bond donors (Lipinski definition) is 1. The highest BCUT2D eigenvalue weighted by Crippen LogP contribution is 2.28. The van der Waals surface area contributed by atoms with Gasteiger partial charge in [-0.2, -0.15) is 0 Å². The summed E-state index contributed by atoms with van der Waals surface area (Å²) in [6, 6.07) is 16.9. The van der Waals surface area contributed by atoms with E-state index >= 15 is 0 Å². The van der Waals surface area contributed by atoms with E-state index in [2.05, 4.69) is 5.32 Å². The Morgan fingerprint density at radius 3 is 2.26 bits per heavy atom. The fraction of sp³-hybridized carbons (Fsp3) is 0.355. The minimum Gasteiger partial charge on any atom is -0.352 e. The molecule has 42 heavy (non-hydrogen) atoms. The van der Waals surface area contributed by atoms with Crippen molar-refractivity contribution >= 4 is 62.3 Å². The van der Waals surface area contributed by atoms with Gasteiger partial charge in [-0.25, -0.2) is 8.42 Å². The second kappa shape index (κ2) is 14.1. The fourth-order valence-corrected chi connectivity index (χ4v) is 7.02. The third kappa shape index (κ3) is 7.78. The predicted molar refractivity (Wildman–Crippen MR) is 169 cm³/mol. The topological polar surface area (TPSA) is 86.8 Å². The molecule has 0 heterocycles. The summed E-state index contributed by atoms with van der Waals surface area (Å²) >= 11 is 18.4. The molecule has 1 saturated carbocycles. The van der Waals surface area contributed by atoms with E-state index in [4.69, 9.17) is 34.8 Å². The van der Waals surface area contributed by atoms with Crippen molar-refractivity contribution in [3.05, 3.63) is 92.9 Å². The van der Waals surface area contributed by atoms with Crippen LogP contribution in [0.2, 0.25) is 15.1 Å². The molecule has 7 nitrogen and oxygen atoms in total. The van der Waals surface area contributed by atoms with Crippen molar-refractivity contribution in [3.8, 4) is 0 Å². The Balaban J connectivity index is 1.73. The standard InChI is InChI=1S/C31H34Cl3N3O4S/c1-3-29(31(39)35-24-8-4-5-9-24)36(19-22-11-16-27(33)28(34)18-22)30(38)20-37(25-10-6-7-21(2)17-25)42(40,41)26-14-12-23(32)13-15-26/h6-7,10-18,24,29H,3-5,8-9,19-20H2,1-2H3,(H,35,39). The summed E-state index contributed by atoms with van der Waals surface area (Å²) in [4.78, 5) is 29.2. The van der Waals surface area contributed by atoms with Crippen LogP contribution in [-0.4, -0.2) is 43.8 Å². The Labute approximate surface area is 262 Å². The van der Waals surface area contributed by atoms with E-state index in [9.17, 15) is 18.0 Å². The van der Waals surface area contributed by atoms with Crippen molar-refractivity contribution in [3.63, 3.8) is 0 Å². The maximum atomic E-state index is 14.2. The van der Waals surface area contributed by atoms with Gasteiger partial charge in [0.1, 0.15) is 12.6 Å². The molecule has 0 aliphatic heterocycles. The molecule has 11 heteroatoms. The predicted octanol–water partition coefficient (Wildman–Crippen LogP) is 7.02. The first-order chi connectivity index (χ1) is 20.0. The second-order valence-corrected chi connectivity index (χ2v) is 13.6. The van der Waals surface area contributed by atoms with E-state index in [1.165, 1.54) is 29.2 Å². The van der Waals surface area contributed by atoms with E-state index in [1.54, 1.807) is 36.4 Å². The van der Waals surface area contributed by atoms with Crippen LogP contribution in [0.15, 0.2) is 71.6 Å². The van der Waals surface area contributed by atoms with E-state index in [-0.39, 0.29) is 23.4 Å². The van der Waals surface area contributed by atoms with Crippen LogP contribution in [0.3, 0.4) is 0 Å². The van der Waals surface area contributed by atoms with Gasteiger partial charge in [-0.15, -0.1) is 0 Å².